The molecular weight excluding hydrogens is 878 g/mol. The molecule has 54 heavy (non-hydrogen) atoms. The maximum absolute atomic E-state index is 14.7. The summed E-state index contributed by atoms with van der Waals surface area (Å²) in [5, 5.41) is 5.38. The Labute approximate surface area is 334 Å². The van der Waals surface area contributed by atoms with Gasteiger partial charge in [0.05, 0.1) is 24.9 Å². The first-order chi connectivity index (χ1) is 25.7. The molecule has 1 radical (unpaired) electrons. The van der Waals surface area contributed by atoms with Gasteiger partial charge in [-0.15, -0.1) is 54.1 Å². The number of nitrogens with zero attached hydrogens (tertiary/aromatic N) is 3. The second-order valence-corrected chi connectivity index (χ2v) is 21.0. The third-order valence-electron chi connectivity index (χ3n) is 9.61. The first-order valence-corrected chi connectivity index (χ1v) is 22.4. The van der Waals surface area contributed by atoms with Crippen molar-refractivity contribution in [3.8, 4) is 28.3 Å². The fourth-order valence-electron chi connectivity index (χ4n) is 7.24. The van der Waals surface area contributed by atoms with Crippen molar-refractivity contribution in [1.82, 2.24) is 14.5 Å². The summed E-state index contributed by atoms with van der Waals surface area (Å²) in [5.74, 6) is 1.28. The zero-order valence-corrected chi connectivity index (χ0v) is 35.2. The molecule has 0 aliphatic rings. The van der Waals surface area contributed by atoms with Crippen molar-refractivity contribution in [3.63, 3.8) is 0 Å². The van der Waals surface area contributed by atoms with Crippen LogP contribution in [0, 0.1) is 23.9 Å². The van der Waals surface area contributed by atoms with Crippen LogP contribution in [0.3, 0.4) is 0 Å². The van der Waals surface area contributed by atoms with Gasteiger partial charge in [-0.1, -0.05) is 111 Å². The fraction of sp³-hybridized carbons (Fsp3) is 0.149. The predicted octanol–water partition coefficient (Wildman–Crippen LogP) is 12.4. The zero-order chi connectivity index (χ0) is 36.7. The van der Waals surface area contributed by atoms with Gasteiger partial charge < -0.3 is 9.55 Å². The Bertz CT molecular complexity index is 2740. The molecule has 3 nitrogen and oxygen atoms in total. The van der Waals surface area contributed by atoms with Crippen LogP contribution in [0.1, 0.15) is 19.4 Å². The largest absolute Gasteiger partial charge is 0.333 e. The first-order valence-electron chi connectivity index (χ1n) is 18.1. The van der Waals surface area contributed by atoms with Crippen molar-refractivity contribution in [3.05, 3.63) is 157 Å². The molecule has 0 N–H and O–H groups in total. The molecule has 0 fully saturated rings. The molecule has 3 heterocycles. The summed E-state index contributed by atoms with van der Waals surface area (Å²) < 4.78 is 18.9. The van der Waals surface area contributed by atoms with Crippen molar-refractivity contribution in [2.24, 2.45) is 5.92 Å². The molecule has 271 valence electrons. The Morgan fingerprint density at radius 2 is 1.56 bits per heavy atom. The summed E-state index contributed by atoms with van der Waals surface area (Å²) in [6.45, 7) is 11.7. The average molecular weight is 918 g/mol. The Morgan fingerprint density at radius 1 is 0.796 bits per heavy atom. The van der Waals surface area contributed by atoms with Crippen molar-refractivity contribution < 1.29 is 24.5 Å². The number of rotatable bonds is 6. The summed E-state index contributed by atoms with van der Waals surface area (Å²) >= 11 is 1.59. The van der Waals surface area contributed by atoms with E-state index in [-0.39, 0.29) is 25.9 Å². The van der Waals surface area contributed by atoms with E-state index in [1.165, 1.54) is 22.2 Å². The van der Waals surface area contributed by atoms with Gasteiger partial charge in [0.15, 0.2) is 0 Å². The Kier molecular flexibility index (Phi) is 10.8. The summed E-state index contributed by atoms with van der Waals surface area (Å²) in [4.78, 5) is 9.74. The van der Waals surface area contributed by atoms with Gasteiger partial charge in [-0.2, -0.15) is 11.3 Å². The number of pyridine rings is 1. The third kappa shape index (κ3) is 7.22. The van der Waals surface area contributed by atoms with Crippen LogP contribution < -0.4 is 5.19 Å². The molecule has 7 heteroatoms. The van der Waals surface area contributed by atoms with E-state index in [0.29, 0.717) is 11.3 Å². The second kappa shape index (κ2) is 15.5. The number of thiophene rings is 1. The maximum Gasteiger partial charge on any atom is 0.130 e. The topological polar surface area (TPSA) is 30.7 Å². The van der Waals surface area contributed by atoms with E-state index in [4.69, 9.17) is 4.98 Å². The Balaban J connectivity index is 0.000000186. The molecule has 0 aliphatic heterocycles. The Morgan fingerprint density at radius 3 is 2.35 bits per heavy atom. The molecule has 9 aromatic rings. The van der Waals surface area contributed by atoms with E-state index >= 15 is 0 Å². The van der Waals surface area contributed by atoms with Gasteiger partial charge in [0.1, 0.15) is 5.82 Å². The molecule has 0 saturated heterocycles. The van der Waals surface area contributed by atoms with Crippen molar-refractivity contribution in [2.45, 2.75) is 39.9 Å². The molecule has 0 spiro atoms. The molecule has 6 aromatic carbocycles. The van der Waals surface area contributed by atoms with E-state index < -0.39 is 8.07 Å². The average Bonchev–Trinajstić information content (AvgIpc) is 3.74. The molecule has 0 atom stereocenters. The monoisotopic (exact) mass is 918 g/mol. The minimum atomic E-state index is -1.34. The zero-order valence-electron chi connectivity index (χ0n) is 30.9. The number of fused-ring (bicyclic) bond motifs is 5. The Hall–Kier alpha value is -4.78. The van der Waals surface area contributed by atoms with Crippen LogP contribution >= 0.6 is 11.3 Å². The molecule has 0 unspecified atom stereocenters. The molecule has 3 aromatic heterocycles. The minimum absolute atomic E-state index is 0. The molecular formula is C47H40FIrN3SSi-2. The standard InChI is InChI=1S/C29H16FN2S.C18H24NSi.Ir/c30-22-13-7-17-26-27(22)20-11-6-12-21(28(20)33-26)29-31-23-14-3-4-15-25(23)32(29)24-16-5-9-18-8-1-2-10-19(18)24;1-14(2)11-16-12-17(15-9-7-6-8-10-15)19-13-18(16)20(3,4)5;/h1-11,13-17H;6-9,12-14H,11H2,1-5H3;/q2*-1;. The predicted molar refractivity (Wildman–Crippen MR) is 226 cm³/mol. The number of hydrogen-bond donors (Lipinski definition) is 0. The fourth-order valence-corrected chi connectivity index (χ4v) is 10.0. The van der Waals surface area contributed by atoms with E-state index in [2.05, 4.69) is 122 Å². The van der Waals surface area contributed by atoms with Crippen LogP contribution in [-0.2, 0) is 26.5 Å². The molecule has 0 saturated carbocycles. The summed E-state index contributed by atoms with van der Waals surface area (Å²) in [7, 11) is -1.34. The van der Waals surface area contributed by atoms with E-state index in [0.717, 1.165) is 66.0 Å². The van der Waals surface area contributed by atoms with Crippen LogP contribution in [0.25, 0.3) is 70.3 Å². The molecule has 9 rings (SSSR count). The van der Waals surface area contributed by atoms with Crippen LogP contribution in [0.15, 0.2) is 134 Å². The third-order valence-corrected chi connectivity index (χ3v) is 12.9. The molecule has 0 amide bonds. The van der Waals surface area contributed by atoms with Crippen LogP contribution in [0.2, 0.25) is 19.6 Å². The van der Waals surface area contributed by atoms with Crippen LogP contribution in [-0.4, -0.2) is 22.6 Å². The summed E-state index contributed by atoms with van der Waals surface area (Å²) in [6, 6.07) is 49.0. The quantitative estimate of drug-likeness (QED) is 0.123. The van der Waals surface area contributed by atoms with E-state index in [9.17, 15) is 4.39 Å². The summed E-state index contributed by atoms with van der Waals surface area (Å²) in [6.07, 6.45) is 3.24. The van der Waals surface area contributed by atoms with Gasteiger partial charge in [-0.25, -0.2) is 4.39 Å². The number of benzene rings is 6. The summed E-state index contributed by atoms with van der Waals surface area (Å²) in [5.41, 5.74) is 7.50. The number of hydrogen-bond acceptors (Lipinski definition) is 3. The number of para-hydroxylation sites is 2. The minimum Gasteiger partial charge on any atom is -0.333 e. The van der Waals surface area contributed by atoms with Crippen LogP contribution in [0.4, 0.5) is 4.39 Å². The number of imidazole rings is 1. The molecule has 0 bridgehead atoms. The van der Waals surface area contributed by atoms with Crippen molar-refractivity contribution in [2.75, 3.05) is 0 Å². The second-order valence-electron chi connectivity index (χ2n) is 14.9. The maximum atomic E-state index is 14.7. The van der Waals surface area contributed by atoms with Gasteiger partial charge in [-0.3, -0.25) is 4.98 Å². The van der Waals surface area contributed by atoms with Gasteiger partial charge in [-0.05, 0) is 63.6 Å². The smallest absolute Gasteiger partial charge is 0.130 e. The van der Waals surface area contributed by atoms with Crippen LogP contribution in [0.5, 0.6) is 0 Å². The van der Waals surface area contributed by atoms with Gasteiger partial charge in [0.25, 0.3) is 0 Å². The van der Waals surface area contributed by atoms with Gasteiger partial charge >= 0.3 is 0 Å². The van der Waals surface area contributed by atoms with Crippen molar-refractivity contribution in [1.29, 1.82) is 0 Å². The van der Waals surface area contributed by atoms with Crippen molar-refractivity contribution >= 4 is 66.6 Å². The van der Waals surface area contributed by atoms with Gasteiger partial charge in [0.2, 0.25) is 0 Å². The number of halogens is 1. The SMILES string of the molecule is CC(C)Cc1cc(-c2[c-]cccc2)ncc1[Si](C)(C)C.Fc1cccc2sc3c(-c4nc5ccccc5n4-c4cccc5ccccc45)[c-]ccc3c12.[Ir]. The molecule has 0 aliphatic carbocycles. The van der Waals surface area contributed by atoms with E-state index in [1.54, 1.807) is 17.4 Å². The normalized spacial score (nSPS) is 11.6. The van der Waals surface area contributed by atoms with Gasteiger partial charge in [0, 0.05) is 47.5 Å². The first kappa shape index (κ1) is 37.5. The van der Waals surface area contributed by atoms with E-state index in [1.807, 2.05) is 54.6 Å². The number of aromatic nitrogens is 3.